The smallest absolute Gasteiger partial charge is 0.261 e. The Morgan fingerprint density at radius 3 is 2.58 bits per heavy atom. The van der Waals surface area contributed by atoms with Gasteiger partial charge in [-0.1, -0.05) is 61.5 Å². The number of carbonyl (C=O) groups excluding carboxylic acids is 1. The van der Waals surface area contributed by atoms with Gasteiger partial charge in [-0.05, 0) is 54.6 Å². The highest BCUT2D eigenvalue weighted by molar-refractivity contribution is 5.94. The number of fused-ring (bicyclic) bond motifs is 1. The minimum Gasteiger partial charge on any atom is -0.345 e. The number of aromatic amines is 1. The summed E-state index contributed by atoms with van der Waals surface area (Å²) < 4.78 is 0. The summed E-state index contributed by atoms with van der Waals surface area (Å²) in [5.74, 6) is -0.314. The lowest BCUT2D eigenvalue weighted by Crippen LogP contribution is -2.34. The maximum atomic E-state index is 12.8. The Morgan fingerprint density at radius 1 is 1.03 bits per heavy atom. The monoisotopic (exact) mass is 415 g/mol. The largest absolute Gasteiger partial charge is 0.345 e. The second kappa shape index (κ2) is 9.75. The molecule has 1 heterocycles. The van der Waals surface area contributed by atoms with Crippen LogP contribution in [0, 0.1) is 0 Å². The second-order valence-corrected chi connectivity index (χ2v) is 8.13. The van der Waals surface area contributed by atoms with Gasteiger partial charge in [0.25, 0.3) is 11.5 Å². The maximum Gasteiger partial charge on any atom is 0.261 e. The zero-order valence-corrected chi connectivity index (χ0v) is 17.9. The first kappa shape index (κ1) is 21.1. The van der Waals surface area contributed by atoms with Crippen LogP contribution in [0.3, 0.4) is 0 Å². The van der Waals surface area contributed by atoms with E-state index in [1.165, 1.54) is 11.1 Å². The quantitative estimate of drug-likeness (QED) is 0.608. The van der Waals surface area contributed by atoms with E-state index in [-0.39, 0.29) is 23.1 Å². The molecule has 5 heteroatoms. The molecule has 0 radical (unpaired) electrons. The molecular formula is C26H29N3O2. The van der Waals surface area contributed by atoms with Gasteiger partial charge in [-0.25, -0.2) is 0 Å². The SMILES string of the molecule is CCN(Cc1ccccc1)Cc1ccc(C(=O)N[C@H]2CCCc3ccccc32)c(=O)[nH]1. The number of nitrogens with one attached hydrogen (secondary N) is 2. The first-order valence-electron chi connectivity index (χ1n) is 11.0. The lowest BCUT2D eigenvalue weighted by atomic mass is 9.87. The number of carbonyl (C=O) groups is 1. The third-order valence-corrected chi connectivity index (χ3v) is 5.98. The fourth-order valence-corrected chi connectivity index (χ4v) is 4.29. The van der Waals surface area contributed by atoms with E-state index < -0.39 is 0 Å². The number of amides is 1. The summed E-state index contributed by atoms with van der Waals surface area (Å²) >= 11 is 0. The van der Waals surface area contributed by atoms with Crippen molar-refractivity contribution >= 4 is 5.91 Å². The van der Waals surface area contributed by atoms with Crippen molar-refractivity contribution in [2.75, 3.05) is 6.54 Å². The molecule has 1 atom stereocenters. The molecule has 3 aromatic rings. The number of aryl methyl sites for hydroxylation is 1. The summed E-state index contributed by atoms with van der Waals surface area (Å²) in [6.07, 6.45) is 2.96. The summed E-state index contributed by atoms with van der Waals surface area (Å²) in [5.41, 5.74) is 4.31. The van der Waals surface area contributed by atoms with E-state index in [1.807, 2.05) is 36.4 Å². The van der Waals surface area contributed by atoms with E-state index in [4.69, 9.17) is 0 Å². The molecule has 1 aliphatic rings. The molecule has 0 spiro atoms. The molecule has 0 unspecified atom stereocenters. The van der Waals surface area contributed by atoms with Crippen molar-refractivity contribution in [3.63, 3.8) is 0 Å². The Balaban J connectivity index is 1.44. The summed E-state index contributed by atoms with van der Waals surface area (Å²) in [6.45, 7) is 4.40. The molecule has 5 nitrogen and oxygen atoms in total. The van der Waals surface area contributed by atoms with Crippen molar-refractivity contribution in [1.82, 2.24) is 15.2 Å². The average molecular weight is 416 g/mol. The molecule has 0 bridgehead atoms. The molecule has 0 saturated carbocycles. The molecule has 2 aromatic carbocycles. The second-order valence-electron chi connectivity index (χ2n) is 8.13. The van der Waals surface area contributed by atoms with Crippen molar-refractivity contribution in [2.45, 2.75) is 45.3 Å². The highest BCUT2D eigenvalue weighted by Crippen LogP contribution is 2.29. The molecular weight excluding hydrogens is 386 g/mol. The first-order valence-corrected chi connectivity index (χ1v) is 11.0. The number of nitrogens with zero attached hydrogens (tertiary/aromatic N) is 1. The lowest BCUT2D eigenvalue weighted by Gasteiger charge is -2.26. The van der Waals surface area contributed by atoms with E-state index in [0.717, 1.165) is 43.6 Å². The minimum absolute atomic E-state index is 0.0435. The van der Waals surface area contributed by atoms with Crippen molar-refractivity contribution < 1.29 is 4.79 Å². The fraction of sp³-hybridized carbons (Fsp3) is 0.308. The molecule has 2 N–H and O–H groups in total. The topological polar surface area (TPSA) is 65.2 Å². The van der Waals surface area contributed by atoms with Crippen LogP contribution in [0.5, 0.6) is 0 Å². The van der Waals surface area contributed by atoms with Gasteiger partial charge in [0.15, 0.2) is 0 Å². The Kier molecular flexibility index (Phi) is 6.63. The van der Waals surface area contributed by atoms with Crippen LogP contribution >= 0.6 is 0 Å². The van der Waals surface area contributed by atoms with E-state index in [1.54, 1.807) is 6.07 Å². The van der Waals surface area contributed by atoms with Crippen LogP contribution < -0.4 is 10.9 Å². The molecule has 4 rings (SSSR count). The van der Waals surface area contributed by atoms with E-state index in [0.29, 0.717) is 6.54 Å². The van der Waals surface area contributed by atoms with Crippen LogP contribution in [0.2, 0.25) is 0 Å². The van der Waals surface area contributed by atoms with E-state index in [9.17, 15) is 9.59 Å². The third kappa shape index (κ3) is 5.12. The lowest BCUT2D eigenvalue weighted by molar-refractivity contribution is 0.0931. The zero-order chi connectivity index (χ0) is 21.6. The summed E-state index contributed by atoms with van der Waals surface area (Å²) in [6, 6.07) is 21.9. The van der Waals surface area contributed by atoms with Crippen molar-refractivity contribution in [3.05, 3.63) is 105 Å². The Morgan fingerprint density at radius 2 is 1.81 bits per heavy atom. The third-order valence-electron chi connectivity index (χ3n) is 5.98. The van der Waals surface area contributed by atoms with Crippen LogP contribution in [0.1, 0.15) is 58.5 Å². The Hall–Kier alpha value is -3.18. The number of pyridine rings is 1. The molecule has 160 valence electrons. The van der Waals surface area contributed by atoms with Crippen LogP contribution in [0.4, 0.5) is 0 Å². The molecule has 0 saturated heterocycles. The standard InChI is InChI=1S/C26H29N3O2/c1-2-29(17-19-9-4-3-5-10-19)18-21-15-16-23(25(30)27-21)26(31)28-24-14-8-12-20-11-6-7-13-22(20)24/h3-7,9-11,13,15-16,24H,2,8,12,14,17-18H2,1H3,(H,27,30)(H,28,31)/t24-/m0/s1. The molecule has 0 fully saturated rings. The van der Waals surface area contributed by atoms with Crippen LogP contribution in [0.15, 0.2) is 71.5 Å². The van der Waals surface area contributed by atoms with Crippen LogP contribution in [0.25, 0.3) is 0 Å². The highest BCUT2D eigenvalue weighted by Gasteiger charge is 2.23. The number of H-pyrrole nitrogens is 1. The molecule has 31 heavy (non-hydrogen) atoms. The molecule has 1 aromatic heterocycles. The number of benzene rings is 2. The van der Waals surface area contributed by atoms with Gasteiger partial charge in [-0.3, -0.25) is 14.5 Å². The van der Waals surface area contributed by atoms with Crippen molar-refractivity contribution in [2.24, 2.45) is 0 Å². The van der Waals surface area contributed by atoms with Gasteiger partial charge in [0.2, 0.25) is 0 Å². The maximum absolute atomic E-state index is 12.8. The zero-order valence-electron chi connectivity index (χ0n) is 17.9. The van der Waals surface area contributed by atoms with Gasteiger partial charge in [0, 0.05) is 18.8 Å². The van der Waals surface area contributed by atoms with Crippen molar-refractivity contribution in [3.8, 4) is 0 Å². The summed E-state index contributed by atoms with van der Waals surface area (Å²) in [5, 5.41) is 3.07. The van der Waals surface area contributed by atoms with Gasteiger partial charge < -0.3 is 10.3 Å². The predicted octanol–water partition coefficient (Wildman–Crippen LogP) is 4.20. The first-order chi connectivity index (χ1) is 15.1. The average Bonchev–Trinajstić information content (AvgIpc) is 2.79. The number of hydrogen-bond acceptors (Lipinski definition) is 3. The number of rotatable bonds is 7. The van der Waals surface area contributed by atoms with Gasteiger partial charge >= 0.3 is 0 Å². The number of hydrogen-bond donors (Lipinski definition) is 2. The summed E-state index contributed by atoms with van der Waals surface area (Å²) in [7, 11) is 0. The van der Waals surface area contributed by atoms with Crippen molar-refractivity contribution in [1.29, 1.82) is 0 Å². The Labute approximate surface area is 183 Å². The van der Waals surface area contributed by atoms with E-state index >= 15 is 0 Å². The van der Waals surface area contributed by atoms with Gasteiger partial charge in [-0.2, -0.15) is 0 Å². The normalized spacial score (nSPS) is 15.5. The molecule has 1 aliphatic carbocycles. The van der Waals surface area contributed by atoms with Crippen LogP contribution in [-0.2, 0) is 19.5 Å². The number of aromatic nitrogens is 1. The fourth-order valence-electron chi connectivity index (χ4n) is 4.29. The Bertz CT molecular complexity index is 1090. The molecule has 0 aliphatic heterocycles. The molecule has 1 amide bonds. The van der Waals surface area contributed by atoms with Gasteiger partial charge in [0.05, 0.1) is 6.04 Å². The minimum atomic E-state index is -0.338. The van der Waals surface area contributed by atoms with Gasteiger partial charge in [-0.15, -0.1) is 0 Å². The predicted molar refractivity (Wildman–Crippen MR) is 123 cm³/mol. The van der Waals surface area contributed by atoms with Crippen LogP contribution in [-0.4, -0.2) is 22.3 Å². The van der Waals surface area contributed by atoms with E-state index in [2.05, 4.69) is 46.4 Å². The highest BCUT2D eigenvalue weighted by atomic mass is 16.2. The summed E-state index contributed by atoms with van der Waals surface area (Å²) in [4.78, 5) is 30.6. The van der Waals surface area contributed by atoms with Gasteiger partial charge in [0.1, 0.15) is 5.56 Å².